The second kappa shape index (κ2) is 6.35. The number of hydrogen-bond donors (Lipinski definition) is 2. The van der Waals surface area contributed by atoms with Crippen molar-refractivity contribution in [3.8, 4) is 0 Å². The van der Waals surface area contributed by atoms with Gasteiger partial charge in [-0.15, -0.1) is 0 Å². The number of anilines is 1. The maximum absolute atomic E-state index is 11.9. The smallest absolute Gasteiger partial charge is 0.270 e. The molecule has 1 amide bonds. The molecule has 0 spiro atoms. The number of nitrogens with one attached hydrogen (secondary N) is 1. The van der Waals surface area contributed by atoms with Gasteiger partial charge in [-0.1, -0.05) is 19.9 Å². The number of nitrogens with zero attached hydrogens (tertiary/aromatic N) is 2. The molecule has 0 radical (unpaired) electrons. The molecule has 5 nitrogen and oxygen atoms in total. The molecule has 0 saturated heterocycles. The first-order chi connectivity index (χ1) is 8.41. The van der Waals surface area contributed by atoms with Crippen LogP contribution in [-0.2, 0) is 0 Å². The van der Waals surface area contributed by atoms with E-state index in [4.69, 9.17) is 5.73 Å². The average molecular weight is 250 g/mol. The molecule has 0 bridgehead atoms. The largest absolute Gasteiger partial charge is 0.384 e. The molecule has 1 aromatic rings. The second-order valence-corrected chi connectivity index (χ2v) is 4.93. The number of amides is 1. The summed E-state index contributed by atoms with van der Waals surface area (Å²) in [4.78, 5) is 18.0. The number of pyridine rings is 1. The van der Waals surface area contributed by atoms with Crippen LogP contribution in [0.4, 0.5) is 5.82 Å². The molecule has 18 heavy (non-hydrogen) atoms. The molecule has 1 rings (SSSR count). The zero-order chi connectivity index (χ0) is 13.7. The Hall–Kier alpha value is -1.62. The summed E-state index contributed by atoms with van der Waals surface area (Å²) >= 11 is 0. The topological polar surface area (TPSA) is 71.2 Å². The van der Waals surface area contributed by atoms with Crippen molar-refractivity contribution in [3.05, 3.63) is 23.9 Å². The van der Waals surface area contributed by atoms with Crippen LogP contribution in [0.1, 0.15) is 24.3 Å². The monoisotopic (exact) mass is 250 g/mol. The van der Waals surface area contributed by atoms with Gasteiger partial charge in [0, 0.05) is 12.6 Å². The summed E-state index contributed by atoms with van der Waals surface area (Å²) < 4.78 is 0. The minimum Gasteiger partial charge on any atom is -0.384 e. The third-order valence-corrected chi connectivity index (χ3v) is 2.91. The lowest BCUT2D eigenvalue weighted by Crippen LogP contribution is -2.43. The molecule has 0 saturated carbocycles. The minimum absolute atomic E-state index is 0.185. The van der Waals surface area contributed by atoms with Gasteiger partial charge in [0.15, 0.2) is 0 Å². The van der Waals surface area contributed by atoms with Gasteiger partial charge >= 0.3 is 0 Å². The Balaban J connectivity index is 2.60. The van der Waals surface area contributed by atoms with Crippen molar-refractivity contribution in [1.82, 2.24) is 15.2 Å². The third kappa shape index (κ3) is 4.00. The molecule has 1 aromatic heterocycles. The number of nitrogen functional groups attached to an aromatic ring is 1. The fourth-order valence-corrected chi connectivity index (χ4v) is 1.88. The molecule has 0 aliphatic carbocycles. The Labute approximate surface area is 108 Å². The van der Waals surface area contributed by atoms with Crippen molar-refractivity contribution >= 4 is 11.7 Å². The summed E-state index contributed by atoms with van der Waals surface area (Å²) in [6.07, 6.45) is 0. The van der Waals surface area contributed by atoms with E-state index in [0.29, 0.717) is 30.0 Å². The van der Waals surface area contributed by atoms with Crippen molar-refractivity contribution in [3.63, 3.8) is 0 Å². The molecular weight excluding hydrogens is 228 g/mol. The zero-order valence-electron chi connectivity index (χ0n) is 11.5. The van der Waals surface area contributed by atoms with Gasteiger partial charge < -0.3 is 16.0 Å². The van der Waals surface area contributed by atoms with Gasteiger partial charge in [0.1, 0.15) is 11.5 Å². The van der Waals surface area contributed by atoms with Crippen molar-refractivity contribution in [1.29, 1.82) is 0 Å². The van der Waals surface area contributed by atoms with Gasteiger partial charge in [-0.2, -0.15) is 0 Å². The predicted octanol–water partition coefficient (Wildman–Crippen LogP) is 0.980. The van der Waals surface area contributed by atoms with Crippen LogP contribution in [0, 0.1) is 5.92 Å². The van der Waals surface area contributed by atoms with E-state index in [1.165, 1.54) is 0 Å². The van der Waals surface area contributed by atoms with E-state index in [-0.39, 0.29) is 5.91 Å². The van der Waals surface area contributed by atoms with Crippen LogP contribution in [0.5, 0.6) is 0 Å². The van der Waals surface area contributed by atoms with E-state index in [0.717, 1.165) is 0 Å². The highest BCUT2D eigenvalue weighted by Gasteiger charge is 2.17. The zero-order valence-corrected chi connectivity index (χ0v) is 11.5. The number of hydrogen-bond acceptors (Lipinski definition) is 4. The molecule has 0 fully saturated rings. The van der Waals surface area contributed by atoms with Gasteiger partial charge in [-0.3, -0.25) is 4.79 Å². The molecule has 1 unspecified atom stereocenters. The van der Waals surface area contributed by atoms with Crippen molar-refractivity contribution in [2.75, 3.05) is 26.4 Å². The van der Waals surface area contributed by atoms with Crippen LogP contribution in [0.25, 0.3) is 0 Å². The summed E-state index contributed by atoms with van der Waals surface area (Å²) in [5.41, 5.74) is 5.91. The maximum atomic E-state index is 11.9. The highest BCUT2D eigenvalue weighted by molar-refractivity contribution is 5.92. The molecule has 1 atom stereocenters. The van der Waals surface area contributed by atoms with Gasteiger partial charge in [-0.25, -0.2) is 4.98 Å². The first kappa shape index (κ1) is 14.4. The lowest BCUT2D eigenvalue weighted by Gasteiger charge is -2.28. The average Bonchev–Trinajstić information content (AvgIpc) is 2.28. The number of likely N-dealkylation sites (N-methyl/N-ethyl adjacent to an activating group) is 1. The first-order valence-electron chi connectivity index (χ1n) is 6.09. The molecule has 0 aromatic carbocycles. The van der Waals surface area contributed by atoms with Crippen molar-refractivity contribution in [2.24, 2.45) is 5.92 Å². The van der Waals surface area contributed by atoms with Crippen LogP contribution >= 0.6 is 0 Å². The fraction of sp³-hybridized carbons (Fsp3) is 0.538. The summed E-state index contributed by atoms with van der Waals surface area (Å²) in [7, 11) is 4.02. The standard InChI is InChI=1S/C13H22N4O/c1-9(2)11(17(3)4)8-15-13(18)10-6-5-7-12(14)16-10/h5-7,9,11H,8H2,1-4H3,(H2,14,16)(H,15,18). The van der Waals surface area contributed by atoms with E-state index in [2.05, 4.69) is 29.0 Å². The lowest BCUT2D eigenvalue weighted by molar-refractivity contribution is 0.0930. The van der Waals surface area contributed by atoms with Crippen molar-refractivity contribution < 1.29 is 4.79 Å². The van der Waals surface area contributed by atoms with E-state index in [9.17, 15) is 4.79 Å². The Morgan fingerprint density at radius 2 is 2.11 bits per heavy atom. The van der Waals surface area contributed by atoms with Gasteiger partial charge in [-0.05, 0) is 32.1 Å². The Morgan fingerprint density at radius 1 is 1.44 bits per heavy atom. The highest BCUT2D eigenvalue weighted by atomic mass is 16.1. The number of aromatic nitrogens is 1. The molecule has 0 aliphatic rings. The van der Waals surface area contributed by atoms with Gasteiger partial charge in [0.05, 0.1) is 0 Å². The van der Waals surface area contributed by atoms with Crippen LogP contribution in [0.2, 0.25) is 0 Å². The summed E-state index contributed by atoms with van der Waals surface area (Å²) in [6.45, 7) is 4.87. The molecular formula is C13H22N4O. The summed E-state index contributed by atoms with van der Waals surface area (Å²) in [5, 5.41) is 2.89. The SMILES string of the molecule is CC(C)C(CNC(=O)c1cccc(N)n1)N(C)C. The number of carbonyl (C=O) groups is 1. The fourth-order valence-electron chi connectivity index (χ4n) is 1.88. The van der Waals surface area contributed by atoms with E-state index < -0.39 is 0 Å². The number of carbonyl (C=O) groups excluding carboxylic acids is 1. The maximum Gasteiger partial charge on any atom is 0.270 e. The molecule has 5 heteroatoms. The number of rotatable bonds is 5. The van der Waals surface area contributed by atoms with Crippen LogP contribution in [0.3, 0.4) is 0 Å². The summed E-state index contributed by atoms with van der Waals surface area (Å²) in [5.74, 6) is 0.638. The van der Waals surface area contributed by atoms with Crippen molar-refractivity contribution in [2.45, 2.75) is 19.9 Å². The summed E-state index contributed by atoms with van der Waals surface area (Å²) in [6, 6.07) is 5.34. The lowest BCUT2D eigenvalue weighted by atomic mass is 10.0. The third-order valence-electron chi connectivity index (χ3n) is 2.91. The normalized spacial score (nSPS) is 12.8. The van der Waals surface area contributed by atoms with E-state index >= 15 is 0 Å². The van der Waals surface area contributed by atoms with E-state index in [1.807, 2.05) is 14.1 Å². The van der Waals surface area contributed by atoms with Crippen LogP contribution in [0.15, 0.2) is 18.2 Å². The quantitative estimate of drug-likeness (QED) is 0.817. The first-order valence-corrected chi connectivity index (χ1v) is 6.09. The van der Waals surface area contributed by atoms with Gasteiger partial charge in [0.25, 0.3) is 5.91 Å². The van der Waals surface area contributed by atoms with E-state index in [1.54, 1.807) is 18.2 Å². The predicted molar refractivity (Wildman–Crippen MR) is 73.3 cm³/mol. The van der Waals surface area contributed by atoms with Crippen LogP contribution in [-0.4, -0.2) is 42.5 Å². The molecule has 100 valence electrons. The molecule has 0 aliphatic heterocycles. The Bertz CT molecular complexity index is 396. The minimum atomic E-state index is -0.185. The Morgan fingerprint density at radius 3 is 2.61 bits per heavy atom. The van der Waals surface area contributed by atoms with Crippen LogP contribution < -0.4 is 11.1 Å². The molecule has 1 heterocycles. The second-order valence-electron chi connectivity index (χ2n) is 4.93. The Kier molecular flexibility index (Phi) is 5.09. The number of nitrogens with two attached hydrogens (primary N) is 1. The molecule has 3 N–H and O–H groups in total. The van der Waals surface area contributed by atoms with Gasteiger partial charge in [0.2, 0.25) is 0 Å². The highest BCUT2D eigenvalue weighted by Crippen LogP contribution is 2.06.